The van der Waals surface area contributed by atoms with Crippen LogP contribution in [0.4, 0.5) is 0 Å². The summed E-state index contributed by atoms with van der Waals surface area (Å²) >= 11 is 0. The summed E-state index contributed by atoms with van der Waals surface area (Å²) in [5, 5.41) is 0. The summed E-state index contributed by atoms with van der Waals surface area (Å²) < 4.78 is 17.4. The summed E-state index contributed by atoms with van der Waals surface area (Å²) in [6.07, 6.45) is 5.62. The first-order valence-corrected chi connectivity index (χ1v) is 6.97. The molecular weight excluding hydrogens is 216 g/mol. The summed E-state index contributed by atoms with van der Waals surface area (Å²) in [7, 11) is 0. The molecule has 2 unspecified atom stereocenters. The van der Waals surface area contributed by atoms with Gasteiger partial charge in [0.25, 0.3) is 0 Å². The van der Waals surface area contributed by atoms with Crippen LogP contribution in [-0.2, 0) is 14.2 Å². The van der Waals surface area contributed by atoms with Crippen LogP contribution in [0.25, 0.3) is 0 Å². The van der Waals surface area contributed by atoms with Crippen LogP contribution in [-0.4, -0.2) is 31.2 Å². The second-order valence-electron chi connectivity index (χ2n) is 5.39. The summed E-state index contributed by atoms with van der Waals surface area (Å²) in [5.74, 6) is 0. The van der Waals surface area contributed by atoms with Gasteiger partial charge in [0.15, 0.2) is 6.29 Å². The fourth-order valence-corrected chi connectivity index (χ4v) is 1.95. The second-order valence-corrected chi connectivity index (χ2v) is 5.39. The third-order valence-corrected chi connectivity index (χ3v) is 3.38. The first-order chi connectivity index (χ1) is 8.06. The number of ether oxygens (including phenoxy) is 3. The van der Waals surface area contributed by atoms with Gasteiger partial charge in [0, 0.05) is 13.2 Å². The van der Waals surface area contributed by atoms with E-state index in [9.17, 15) is 0 Å². The van der Waals surface area contributed by atoms with Gasteiger partial charge < -0.3 is 14.2 Å². The van der Waals surface area contributed by atoms with Crippen LogP contribution in [0.5, 0.6) is 0 Å². The first kappa shape index (κ1) is 14.9. The number of hydrogen-bond donors (Lipinski definition) is 0. The van der Waals surface area contributed by atoms with E-state index in [2.05, 4.69) is 27.7 Å². The maximum absolute atomic E-state index is 6.11. The molecule has 1 rings (SSSR count). The molecule has 0 aromatic heterocycles. The van der Waals surface area contributed by atoms with Crippen LogP contribution in [0, 0.1) is 0 Å². The monoisotopic (exact) mass is 244 g/mol. The van der Waals surface area contributed by atoms with Crippen LogP contribution in [0.3, 0.4) is 0 Å². The Morgan fingerprint density at radius 3 is 2.65 bits per heavy atom. The molecule has 0 radical (unpaired) electrons. The average Bonchev–Trinajstić information content (AvgIpc) is 2.30. The topological polar surface area (TPSA) is 27.7 Å². The highest BCUT2D eigenvalue weighted by molar-refractivity contribution is 4.74. The summed E-state index contributed by atoms with van der Waals surface area (Å²) in [5.41, 5.74) is -0.114. The molecule has 0 aliphatic carbocycles. The van der Waals surface area contributed by atoms with Gasteiger partial charge in [-0.2, -0.15) is 0 Å². The molecule has 3 nitrogen and oxygen atoms in total. The van der Waals surface area contributed by atoms with E-state index in [0.717, 1.165) is 32.5 Å². The SMILES string of the molecule is CCC(C)(CCOC(C)C)OC1CCCCO1. The van der Waals surface area contributed by atoms with Crippen molar-refractivity contribution < 1.29 is 14.2 Å². The molecule has 0 spiro atoms. The van der Waals surface area contributed by atoms with Crippen molar-refractivity contribution in [1.29, 1.82) is 0 Å². The van der Waals surface area contributed by atoms with Gasteiger partial charge in [-0.15, -0.1) is 0 Å². The van der Waals surface area contributed by atoms with E-state index in [4.69, 9.17) is 14.2 Å². The molecule has 0 bridgehead atoms. The Morgan fingerprint density at radius 2 is 2.12 bits per heavy atom. The maximum Gasteiger partial charge on any atom is 0.158 e. The fraction of sp³-hybridized carbons (Fsp3) is 1.00. The first-order valence-electron chi connectivity index (χ1n) is 6.97. The minimum Gasteiger partial charge on any atom is -0.379 e. The number of hydrogen-bond acceptors (Lipinski definition) is 3. The summed E-state index contributed by atoms with van der Waals surface area (Å²) in [6.45, 7) is 10.1. The van der Waals surface area contributed by atoms with Crippen molar-refractivity contribution in [2.45, 2.75) is 77.8 Å². The van der Waals surface area contributed by atoms with Crippen LogP contribution in [0.15, 0.2) is 0 Å². The predicted molar refractivity (Wildman–Crippen MR) is 69.1 cm³/mol. The van der Waals surface area contributed by atoms with E-state index in [1.54, 1.807) is 0 Å². The van der Waals surface area contributed by atoms with Gasteiger partial charge in [-0.3, -0.25) is 0 Å². The van der Waals surface area contributed by atoms with E-state index in [1.165, 1.54) is 12.8 Å². The van der Waals surface area contributed by atoms with Gasteiger partial charge >= 0.3 is 0 Å². The second kappa shape index (κ2) is 7.34. The van der Waals surface area contributed by atoms with E-state index in [1.807, 2.05) is 0 Å². The van der Waals surface area contributed by atoms with Crippen molar-refractivity contribution in [3.63, 3.8) is 0 Å². The van der Waals surface area contributed by atoms with Crippen molar-refractivity contribution in [2.24, 2.45) is 0 Å². The van der Waals surface area contributed by atoms with Crippen LogP contribution < -0.4 is 0 Å². The fourth-order valence-electron chi connectivity index (χ4n) is 1.95. The lowest BCUT2D eigenvalue weighted by Crippen LogP contribution is -2.37. The zero-order valence-electron chi connectivity index (χ0n) is 11.8. The molecule has 0 saturated carbocycles. The van der Waals surface area contributed by atoms with E-state index in [0.29, 0.717) is 6.10 Å². The highest BCUT2D eigenvalue weighted by Crippen LogP contribution is 2.26. The molecule has 1 aliphatic rings. The normalized spacial score (nSPS) is 24.9. The largest absolute Gasteiger partial charge is 0.379 e. The van der Waals surface area contributed by atoms with Crippen molar-refractivity contribution in [3.05, 3.63) is 0 Å². The lowest BCUT2D eigenvalue weighted by Gasteiger charge is -2.35. The molecule has 2 atom stereocenters. The van der Waals surface area contributed by atoms with E-state index in [-0.39, 0.29) is 11.9 Å². The minimum atomic E-state index is -0.114. The van der Waals surface area contributed by atoms with E-state index >= 15 is 0 Å². The van der Waals surface area contributed by atoms with E-state index < -0.39 is 0 Å². The van der Waals surface area contributed by atoms with Gasteiger partial charge in [0.05, 0.1) is 11.7 Å². The molecule has 0 aromatic carbocycles. The van der Waals surface area contributed by atoms with Gasteiger partial charge in [0.2, 0.25) is 0 Å². The highest BCUT2D eigenvalue weighted by Gasteiger charge is 2.28. The Hall–Kier alpha value is -0.120. The van der Waals surface area contributed by atoms with Crippen molar-refractivity contribution in [3.8, 4) is 0 Å². The highest BCUT2D eigenvalue weighted by atomic mass is 16.7. The summed E-state index contributed by atoms with van der Waals surface area (Å²) in [4.78, 5) is 0. The molecule has 0 N–H and O–H groups in total. The zero-order chi connectivity index (χ0) is 12.7. The molecule has 0 amide bonds. The lowest BCUT2D eigenvalue weighted by molar-refractivity contribution is -0.225. The zero-order valence-corrected chi connectivity index (χ0v) is 11.8. The standard InChI is InChI=1S/C14H28O3/c1-5-14(4,9-11-15-12(2)3)17-13-8-6-7-10-16-13/h12-13H,5-11H2,1-4H3. The predicted octanol–water partition coefficient (Wildman–Crippen LogP) is 3.51. The lowest BCUT2D eigenvalue weighted by atomic mass is 9.99. The van der Waals surface area contributed by atoms with Crippen LogP contribution in [0.1, 0.15) is 59.8 Å². The Morgan fingerprint density at radius 1 is 1.35 bits per heavy atom. The van der Waals surface area contributed by atoms with Gasteiger partial charge in [-0.25, -0.2) is 0 Å². The number of rotatable bonds is 7. The molecule has 1 heterocycles. The molecule has 3 heteroatoms. The molecule has 0 aromatic rings. The average molecular weight is 244 g/mol. The van der Waals surface area contributed by atoms with Gasteiger partial charge in [-0.1, -0.05) is 6.92 Å². The van der Waals surface area contributed by atoms with Crippen LogP contribution >= 0.6 is 0 Å². The molecule has 1 saturated heterocycles. The molecule has 1 fully saturated rings. The van der Waals surface area contributed by atoms with Crippen molar-refractivity contribution in [1.82, 2.24) is 0 Å². The Bertz CT molecular complexity index is 200. The quantitative estimate of drug-likeness (QED) is 0.686. The Labute approximate surface area is 106 Å². The van der Waals surface area contributed by atoms with Gasteiger partial charge in [-0.05, 0) is 52.9 Å². The molecule has 17 heavy (non-hydrogen) atoms. The van der Waals surface area contributed by atoms with Gasteiger partial charge in [0.1, 0.15) is 0 Å². The minimum absolute atomic E-state index is 0.00671. The third kappa shape index (κ3) is 5.84. The smallest absolute Gasteiger partial charge is 0.158 e. The molecular formula is C14H28O3. The maximum atomic E-state index is 6.11. The molecule has 102 valence electrons. The summed E-state index contributed by atoms with van der Waals surface area (Å²) in [6, 6.07) is 0. The van der Waals surface area contributed by atoms with Crippen molar-refractivity contribution in [2.75, 3.05) is 13.2 Å². The Balaban J connectivity index is 2.32. The Kier molecular flexibility index (Phi) is 6.45. The molecule has 1 aliphatic heterocycles. The third-order valence-electron chi connectivity index (χ3n) is 3.38. The van der Waals surface area contributed by atoms with Crippen molar-refractivity contribution >= 4 is 0 Å². The van der Waals surface area contributed by atoms with Crippen LogP contribution in [0.2, 0.25) is 0 Å².